The third-order valence-electron chi connectivity index (χ3n) is 4.15. The van der Waals surface area contributed by atoms with Gasteiger partial charge in [-0.05, 0) is 30.9 Å². The van der Waals surface area contributed by atoms with Crippen LogP contribution in [0.15, 0.2) is 31.2 Å². The number of fused-ring (bicyclic) bond motifs is 1. The summed E-state index contributed by atoms with van der Waals surface area (Å²) in [5, 5.41) is 4.52. The first-order chi connectivity index (χ1) is 10.7. The highest BCUT2D eigenvalue weighted by molar-refractivity contribution is 5.87. The fraction of sp³-hybridized carbons (Fsp3) is 0.438. The van der Waals surface area contributed by atoms with Crippen LogP contribution in [0, 0.1) is 5.92 Å². The van der Waals surface area contributed by atoms with Gasteiger partial charge in [-0.3, -0.25) is 4.79 Å². The Labute approximate surface area is 129 Å². The lowest BCUT2D eigenvalue weighted by Gasteiger charge is -2.20. The molecule has 2 aromatic rings. The van der Waals surface area contributed by atoms with Gasteiger partial charge in [-0.1, -0.05) is 13.5 Å². The number of rotatable bonds is 3. The zero-order valence-corrected chi connectivity index (χ0v) is 12.7. The van der Waals surface area contributed by atoms with Crippen LogP contribution in [0.5, 0.6) is 0 Å². The molecule has 0 bridgehead atoms. The van der Waals surface area contributed by atoms with Gasteiger partial charge in [0.1, 0.15) is 17.8 Å². The van der Waals surface area contributed by atoms with Gasteiger partial charge in [0, 0.05) is 25.3 Å². The first kappa shape index (κ1) is 14.6. The minimum atomic E-state index is 0.0163. The van der Waals surface area contributed by atoms with Crippen molar-refractivity contribution in [3.63, 3.8) is 0 Å². The van der Waals surface area contributed by atoms with Crippen molar-refractivity contribution in [3.05, 3.63) is 31.2 Å². The summed E-state index contributed by atoms with van der Waals surface area (Å²) in [6, 6.07) is 2.27. The van der Waals surface area contributed by atoms with E-state index in [-0.39, 0.29) is 5.91 Å². The fourth-order valence-electron chi connectivity index (χ4n) is 3.10. The topological polar surface area (TPSA) is 73.9 Å². The maximum absolute atomic E-state index is 11.8. The smallest absolute Gasteiger partial charge is 0.245 e. The molecule has 1 aliphatic heterocycles. The summed E-state index contributed by atoms with van der Waals surface area (Å²) >= 11 is 0. The Hall–Kier alpha value is -2.37. The lowest BCUT2D eigenvalue weighted by atomic mass is 10.0. The van der Waals surface area contributed by atoms with Crippen molar-refractivity contribution in [2.75, 3.05) is 18.4 Å². The zero-order valence-electron chi connectivity index (χ0n) is 12.7. The summed E-state index contributed by atoms with van der Waals surface area (Å²) in [5.74, 6) is 1.31. The summed E-state index contributed by atoms with van der Waals surface area (Å²) in [6.45, 7) is 7.28. The second-order valence-electron chi connectivity index (χ2n) is 5.92. The number of aromatic nitrogens is 3. The molecule has 0 saturated carbocycles. The highest BCUT2D eigenvalue weighted by Gasteiger charge is 2.24. The van der Waals surface area contributed by atoms with Crippen LogP contribution in [0.1, 0.15) is 19.8 Å². The Morgan fingerprint density at radius 3 is 3.23 bits per heavy atom. The maximum Gasteiger partial charge on any atom is 0.245 e. The lowest BCUT2D eigenvalue weighted by Crippen LogP contribution is -2.32. The van der Waals surface area contributed by atoms with Crippen LogP contribution in [-0.4, -0.2) is 44.9 Å². The number of amides is 1. The van der Waals surface area contributed by atoms with Crippen molar-refractivity contribution >= 4 is 22.8 Å². The Balaban J connectivity index is 1.74. The zero-order chi connectivity index (χ0) is 15.5. The number of likely N-dealkylation sites (tertiary alicyclic amines) is 1. The van der Waals surface area contributed by atoms with Crippen LogP contribution in [0.4, 0.5) is 5.82 Å². The molecule has 1 fully saturated rings. The minimum Gasteiger partial charge on any atom is -0.367 e. The molecule has 2 aromatic heterocycles. The van der Waals surface area contributed by atoms with Gasteiger partial charge in [0.05, 0.1) is 5.39 Å². The van der Waals surface area contributed by atoms with E-state index in [2.05, 4.69) is 33.8 Å². The van der Waals surface area contributed by atoms with Crippen molar-refractivity contribution in [2.45, 2.75) is 25.8 Å². The van der Waals surface area contributed by atoms with E-state index in [1.807, 2.05) is 17.2 Å². The third-order valence-corrected chi connectivity index (χ3v) is 4.15. The summed E-state index contributed by atoms with van der Waals surface area (Å²) < 4.78 is 0. The molecular formula is C16H21N5O. The molecule has 0 aromatic carbocycles. The van der Waals surface area contributed by atoms with E-state index in [4.69, 9.17) is 0 Å². The summed E-state index contributed by atoms with van der Waals surface area (Å²) in [5.41, 5.74) is 0.836. The van der Waals surface area contributed by atoms with Crippen molar-refractivity contribution in [1.29, 1.82) is 0 Å². The van der Waals surface area contributed by atoms with Crippen LogP contribution in [0.2, 0.25) is 0 Å². The van der Waals surface area contributed by atoms with E-state index in [1.54, 1.807) is 6.33 Å². The molecule has 116 valence electrons. The molecule has 1 saturated heterocycles. The summed E-state index contributed by atoms with van der Waals surface area (Å²) in [4.78, 5) is 25.4. The van der Waals surface area contributed by atoms with Gasteiger partial charge >= 0.3 is 0 Å². The molecule has 1 unspecified atom stereocenters. The van der Waals surface area contributed by atoms with Gasteiger partial charge in [-0.25, -0.2) is 9.97 Å². The molecule has 2 N–H and O–H groups in total. The Kier molecular flexibility index (Phi) is 4.09. The maximum atomic E-state index is 11.8. The average molecular weight is 299 g/mol. The number of nitrogens with one attached hydrogen (secondary N) is 2. The number of carbonyl (C=O) groups is 1. The normalized spacial score (nSPS) is 22.3. The number of nitrogens with zero attached hydrogens (tertiary/aromatic N) is 3. The number of hydrogen-bond acceptors (Lipinski definition) is 4. The van der Waals surface area contributed by atoms with Crippen LogP contribution < -0.4 is 5.32 Å². The van der Waals surface area contributed by atoms with Crippen LogP contribution >= 0.6 is 0 Å². The van der Waals surface area contributed by atoms with Crippen molar-refractivity contribution in [2.24, 2.45) is 5.92 Å². The van der Waals surface area contributed by atoms with Crippen molar-refractivity contribution in [1.82, 2.24) is 19.9 Å². The molecule has 3 heterocycles. The number of anilines is 1. The van der Waals surface area contributed by atoms with Gasteiger partial charge in [0.25, 0.3) is 0 Å². The SMILES string of the molecule is C=CC(=O)N1CCC(Nc2ncnc3[nH]ccc23)C[C@H](C)C1. The first-order valence-corrected chi connectivity index (χ1v) is 7.63. The minimum absolute atomic E-state index is 0.0163. The van der Waals surface area contributed by atoms with Crippen LogP contribution in [0.25, 0.3) is 11.0 Å². The monoisotopic (exact) mass is 299 g/mol. The summed E-state index contributed by atoms with van der Waals surface area (Å²) in [6.07, 6.45) is 6.74. The van der Waals surface area contributed by atoms with E-state index in [0.717, 1.165) is 42.8 Å². The summed E-state index contributed by atoms with van der Waals surface area (Å²) in [7, 11) is 0. The number of aromatic amines is 1. The molecule has 0 spiro atoms. The van der Waals surface area contributed by atoms with Gasteiger partial charge in [-0.2, -0.15) is 0 Å². The molecule has 22 heavy (non-hydrogen) atoms. The standard InChI is InChI=1S/C16H21N5O/c1-3-14(22)21-7-5-12(8-11(2)9-21)20-16-13-4-6-17-15(13)18-10-19-16/h3-4,6,10-12H,1,5,7-9H2,2H3,(H2,17,18,19,20)/t11-,12?/m0/s1. The van der Waals surface area contributed by atoms with Crippen LogP contribution in [0.3, 0.4) is 0 Å². The van der Waals surface area contributed by atoms with Gasteiger partial charge < -0.3 is 15.2 Å². The van der Waals surface area contributed by atoms with E-state index >= 15 is 0 Å². The lowest BCUT2D eigenvalue weighted by molar-refractivity contribution is -0.126. The average Bonchev–Trinajstić information content (AvgIpc) is 2.92. The molecule has 2 atom stereocenters. The van der Waals surface area contributed by atoms with Gasteiger partial charge in [0.2, 0.25) is 5.91 Å². The molecular weight excluding hydrogens is 278 g/mol. The third kappa shape index (κ3) is 2.95. The van der Waals surface area contributed by atoms with Gasteiger partial charge in [-0.15, -0.1) is 0 Å². The second-order valence-corrected chi connectivity index (χ2v) is 5.92. The van der Waals surface area contributed by atoms with Crippen molar-refractivity contribution < 1.29 is 4.79 Å². The number of carbonyl (C=O) groups excluding carboxylic acids is 1. The van der Waals surface area contributed by atoms with E-state index in [9.17, 15) is 4.79 Å². The molecule has 1 aliphatic rings. The van der Waals surface area contributed by atoms with E-state index < -0.39 is 0 Å². The molecule has 0 aliphatic carbocycles. The number of H-pyrrole nitrogens is 1. The second kappa shape index (κ2) is 6.17. The molecule has 0 radical (unpaired) electrons. The molecule has 1 amide bonds. The largest absolute Gasteiger partial charge is 0.367 e. The predicted molar refractivity (Wildman–Crippen MR) is 86.5 cm³/mol. The Morgan fingerprint density at radius 2 is 2.41 bits per heavy atom. The predicted octanol–water partition coefficient (Wildman–Crippen LogP) is 2.18. The van der Waals surface area contributed by atoms with Crippen LogP contribution in [-0.2, 0) is 4.79 Å². The fourth-order valence-corrected chi connectivity index (χ4v) is 3.10. The molecule has 3 rings (SSSR count). The number of hydrogen-bond donors (Lipinski definition) is 2. The first-order valence-electron chi connectivity index (χ1n) is 7.63. The van der Waals surface area contributed by atoms with Crippen molar-refractivity contribution in [3.8, 4) is 0 Å². The Bertz CT molecular complexity index is 680. The quantitative estimate of drug-likeness (QED) is 0.852. The van der Waals surface area contributed by atoms with Gasteiger partial charge in [0.15, 0.2) is 0 Å². The Morgan fingerprint density at radius 1 is 1.55 bits per heavy atom. The van der Waals surface area contributed by atoms with E-state index in [0.29, 0.717) is 12.0 Å². The molecule has 6 nitrogen and oxygen atoms in total. The van der Waals surface area contributed by atoms with E-state index in [1.165, 1.54) is 6.08 Å². The highest BCUT2D eigenvalue weighted by Crippen LogP contribution is 2.23. The molecule has 6 heteroatoms. The highest BCUT2D eigenvalue weighted by atomic mass is 16.2.